The van der Waals surface area contributed by atoms with Crippen LogP contribution in [0, 0.1) is 0 Å². The molecule has 2 aromatic rings. The van der Waals surface area contributed by atoms with Crippen molar-refractivity contribution in [1.29, 1.82) is 0 Å². The van der Waals surface area contributed by atoms with Crippen LogP contribution in [0.3, 0.4) is 0 Å². The molecular weight excluding hydrogens is 482 g/mol. The van der Waals surface area contributed by atoms with Crippen LogP contribution in [0.5, 0.6) is 11.5 Å². The monoisotopic (exact) mass is 523 g/mol. The average molecular weight is 524 g/mol. The fourth-order valence-electron chi connectivity index (χ4n) is 4.08. The molecule has 5 heteroatoms. The molecule has 1 atom stereocenters. The first-order valence-corrected chi connectivity index (χ1v) is 13.3. The largest absolute Gasteiger partial charge is 0.497 e. The standard InChI is InChI=1S/C28H30ClNO3.2C2H6/c1-6-22(25-17-21(32-5)12-14-26(25)29)24-13-15-27(23(24)7-2)33-20-10-8-19(9-11-20)18(3)16-28(31)30-4;2*1-2/h6-12,14,16-17,27H,2,13,15H2,1,3-5H3,(H,30,31);2*1-2H3/b18-16+,22-6+;;. The van der Waals surface area contributed by atoms with Crippen LogP contribution in [0.25, 0.3) is 11.1 Å². The number of hydrogen-bond donors (Lipinski definition) is 1. The van der Waals surface area contributed by atoms with Crippen LogP contribution in [0.2, 0.25) is 5.02 Å². The van der Waals surface area contributed by atoms with Crippen molar-refractivity contribution in [2.45, 2.75) is 60.5 Å². The van der Waals surface area contributed by atoms with Crippen LogP contribution < -0.4 is 14.8 Å². The van der Waals surface area contributed by atoms with Gasteiger partial charge >= 0.3 is 0 Å². The first-order valence-electron chi connectivity index (χ1n) is 12.9. The third kappa shape index (κ3) is 8.40. The molecule has 0 spiro atoms. The smallest absolute Gasteiger partial charge is 0.244 e. The van der Waals surface area contributed by atoms with Gasteiger partial charge in [-0.25, -0.2) is 0 Å². The number of rotatable bonds is 8. The highest BCUT2D eigenvalue weighted by atomic mass is 35.5. The molecule has 0 aromatic heterocycles. The van der Waals surface area contributed by atoms with Gasteiger partial charge in [-0.15, -0.1) is 0 Å². The van der Waals surface area contributed by atoms with Crippen LogP contribution >= 0.6 is 11.6 Å². The highest BCUT2D eigenvalue weighted by molar-refractivity contribution is 6.32. The Morgan fingerprint density at radius 1 is 1.08 bits per heavy atom. The Morgan fingerprint density at radius 2 is 1.70 bits per heavy atom. The molecule has 0 saturated heterocycles. The summed E-state index contributed by atoms with van der Waals surface area (Å²) < 4.78 is 11.7. The lowest BCUT2D eigenvalue weighted by Crippen LogP contribution is -2.15. The average Bonchev–Trinajstić information content (AvgIpc) is 3.34. The van der Waals surface area contributed by atoms with Gasteiger partial charge in [0.15, 0.2) is 0 Å². The second-order valence-corrected chi connectivity index (χ2v) is 8.20. The van der Waals surface area contributed by atoms with Crippen molar-refractivity contribution in [3.63, 3.8) is 0 Å². The molecule has 0 radical (unpaired) electrons. The molecule has 1 aliphatic rings. The molecule has 0 bridgehead atoms. The molecule has 0 heterocycles. The minimum absolute atomic E-state index is 0.0924. The maximum absolute atomic E-state index is 11.6. The molecule has 37 heavy (non-hydrogen) atoms. The predicted octanol–water partition coefficient (Wildman–Crippen LogP) is 8.68. The number of methoxy groups -OCH3 is 1. The van der Waals surface area contributed by atoms with E-state index in [2.05, 4.69) is 18.0 Å². The Labute approximate surface area is 228 Å². The van der Waals surface area contributed by atoms with Gasteiger partial charge in [-0.3, -0.25) is 4.79 Å². The fraction of sp³-hybridized carbons (Fsp3) is 0.344. The highest BCUT2D eigenvalue weighted by Crippen LogP contribution is 2.41. The van der Waals surface area contributed by atoms with Gasteiger partial charge in [0.1, 0.15) is 17.6 Å². The maximum Gasteiger partial charge on any atom is 0.244 e. The number of ether oxygens (including phenoxy) is 2. The zero-order chi connectivity index (χ0) is 28.0. The van der Waals surface area contributed by atoms with Crippen LogP contribution in [0.15, 0.2) is 78.4 Å². The van der Waals surface area contributed by atoms with E-state index in [-0.39, 0.29) is 12.0 Å². The van der Waals surface area contributed by atoms with E-state index in [0.29, 0.717) is 5.02 Å². The number of halogens is 1. The van der Waals surface area contributed by atoms with E-state index < -0.39 is 0 Å². The SMILES string of the molecule is C=CC1=C(/C(=C\C)c2cc(OC)ccc2Cl)CCC1Oc1ccc(/C(C)=C/C(=O)NC)cc1.CC.CC. The van der Waals surface area contributed by atoms with E-state index in [0.717, 1.165) is 52.2 Å². The Balaban J connectivity index is 0.00000163. The van der Waals surface area contributed by atoms with Crippen LogP contribution in [0.4, 0.5) is 0 Å². The Bertz CT molecular complexity index is 1130. The molecule has 3 rings (SSSR count). The first kappa shape index (κ1) is 31.8. The zero-order valence-electron chi connectivity index (χ0n) is 23.6. The van der Waals surface area contributed by atoms with E-state index in [9.17, 15) is 4.79 Å². The summed E-state index contributed by atoms with van der Waals surface area (Å²) in [6.07, 6.45) is 7.18. The topological polar surface area (TPSA) is 47.6 Å². The number of benzene rings is 2. The van der Waals surface area contributed by atoms with Gasteiger partial charge in [0.2, 0.25) is 5.91 Å². The first-order chi connectivity index (χ1) is 17.9. The summed E-state index contributed by atoms with van der Waals surface area (Å²) in [6, 6.07) is 13.5. The highest BCUT2D eigenvalue weighted by Gasteiger charge is 2.28. The minimum atomic E-state index is -0.122. The number of carbonyl (C=O) groups excluding carboxylic acids is 1. The van der Waals surface area contributed by atoms with Gasteiger partial charge in [-0.2, -0.15) is 0 Å². The molecule has 0 saturated carbocycles. The fourth-order valence-corrected chi connectivity index (χ4v) is 4.30. The zero-order valence-corrected chi connectivity index (χ0v) is 24.3. The molecule has 0 aliphatic heterocycles. The van der Waals surface area contributed by atoms with Crippen molar-refractivity contribution in [3.8, 4) is 11.5 Å². The third-order valence-electron chi connectivity index (χ3n) is 5.83. The van der Waals surface area contributed by atoms with Crippen molar-refractivity contribution in [1.82, 2.24) is 5.32 Å². The number of carbonyl (C=O) groups is 1. The number of likely N-dealkylation sites (N-methyl/N-ethyl adjacent to an activating group) is 1. The lowest BCUT2D eigenvalue weighted by Gasteiger charge is -2.17. The van der Waals surface area contributed by atoms with Crippen molar-refractivity contribution in [2.24, 2.45) is 0 Å². The van der Waals surface area contributed by atoms with Crippen LogP contribution in [-0.2, 0) is 4.79 Å². The van der Waals surface area contributed by atoms with Crippen molar-refractivity contribution in [3.05, 3.63) is 94.6 Å². The Hall–Kier alpha value is -3.24. The molecule has 2 aromatic carbocycles. The van der Waals surface area contributed by atoms with Crippen LogP contribution in [-0.4, -0.2) is 26.2 Å². The summed E-state index contributed by atoms with van der Waals surface area (Å²) in [5.74, 6) is 1.42. The van der Waals surface area contributed by atoms with Crippen LogP contribution in [0.1, 0.15) is 65.5 Å². The number of hydrogen-bond acceptors (Lipinski definition) is 3. The summed E-state index contributed by atoms with van der Waals surface area (Å²) in [6.45, 7) is 16.0. The van der Waals surface area contributed by atoms with Gasteiger partial charge in [-0.1, -0.05) is 70.2 Å². The predicted molar refractivity (Wildman–Crippen MR) is 159 cm³/mol. The van der Waals surface area contributed by atoms with E-state index in [4.69, 9.17) is 21.1 Å². The minimum Gasteiger partial charge on any atom is -0.497 e. The van der Waals surface area contributed by atoms with E-state index in [1.807, 2.05) is 90.1 Å². The molecular formula is C32H42ClNO3. The molecule has 1 unspecified atom stereocenters. The number of amides is 1. The normalized spacial score (nSPS) is 15.1. The van der Waals surface area contributed by atoms with Gasteiger partial charge in [-0.05, 0) is 84.9 Å². The lowest BCUT2D eigenvalue weighted by atomic mass is 9.94. The van der Waals surface area contributed by atoms with E-state index in [1.54, 1.807) is 20.2 Å². The van der Waals surface area contributed by atoms with E-state index >= 15 is 0 Å². The molecule has 4 nitrogen and oxygen atoms in total. The summed E-state index contributed by atoms with van der Waals surface area (Å²) in [5.41, 5.74) is 6.14. The van der Waals surface area contributed by atoms with Crippen molar-refractivity contribution >= 4 is 28.7 Å². The molecule has 200 valence electrons. The third-order valence-corrected chi connectivity index (χ3v) is 6.16. The second-order valence-electron chi connectivity index (χ2n) is 7.80. The van der Waals surface area contributed by atoms with Gasteiger partial charge in [0.25, 0.3) is 0 Å². The Kier molecular flexibility index (Phi) is 14.2. The van der Waals surface area contributed by atoms with Crippen molar-refractivity contribution < 1.29 is 14.3 Å². The number of nitrogens with one attached hydrogen (secondary N) is 1. The molecule has 1 N–H and O–H groups in total. The van der Waals surface area contributed by atoms with Gasteiger partial charge in [0, 0.05) is 23.7 Å². The molecule has 1 amide bonds. The molecule has 0 fully saturated rings. The van der Waals surface area contributed by atoms with E-state index in [1.165, 1.54) is 5.57 Å². The molecule has 1 aliphatic carbocycles. The summed E-state index contributed by atoms with van der Waals surface area (Å²) in [7, 11) is 3.27. The Morgan fingerprint density at radius 3 is 2.24 bits per heavy atom. The number of allylic oxidation sites excluding steroid dienone is 4. The van der Waals surface area contributed by atoms with Gasteiger partial charge < -0.3 is 14.8 Å². The van der Waals surface area contributed by atoms with Crippen molar-refractivity contribution in [2.75, 3.05) is 14.2 Å². The summed E-state index contributed by atoms with van der Waals surface area (Å²) in [4.78, 5) is 11.6. The second kappa shape index (κ2) is 16.5. The summed E-state index contributed by atoms with van der Waals surface area (Å²) in [5, 5.41) is 3.28. The quantitative estimate of drug-likeness (QED) is 0.352. The summed E-state index contributed by atoms with van der Waals surface area (Å²) >= 11 is 6.54. The lowest BCUT2D eigenvalue weighted by molar-refractivity contribution is -0.116. The maximum atomic E-state index is 11.6. The van der Waals surface area contributed by atoms with Gasteiger partial charge in [0.05, 0.1) is 7.11 Å².